The second kappa shape index (κ2) is 5.73. The van der Waals surface area contributed by atoms with Gasteiger partial charge < -0.3 is 14.6 Å². The summed E-state index contributed by atoms with van der Waals surface area (Å²) in [6, 6.07) is 0.307. The van der Waals surface area contributed by atoms with E-state index in [1.165, 1.54) is 6.92 Å². The van der Waals surface area contributed by atoms with Crippen LogP contribution in [0.4, 0.5) is 13.2 Å². The Bertz CT molecular complexity index is 528. The van der Waals surface area contributed by atoms with E-state index in [-0.39, 0.29) is 6.42 Å². The number of carbonyl (C=O) groups excluding carboxylic acids is 2. The van der Waals surface area contributed by atoms with Crippen LogP contribution in [0.1, 0.15) is 23.7 Å². The normalized spacial score (nSPS) is 12.1. The molecule has 0 fully saturated rings. The number of ether oxygens (including phenoxy) is 1. The fourth-order valence-corrected chi connectivity index (χ4v) is 1.59. The Labute approximate surface area is 106 Å². The maximum atomic E-state index is 13.8. The van der Waals surface area contributed by atoms with Gasteiger partial charge in [0.05, 0.1) is 24.6 Å². The minimum absolute atomic E-state index is 0.165. The van der Waals surface area contributed by atoms with Crippen LogP contribution in [0.15, 0.2) is 6.07 Å². The predicted octanol–water partition coefficient (Wildman–Crippen LogP) is 1.07. The Morgan fingerprint density at radius 2 is 1.89 bits per heavy atom. The first-order chi connectivity index (χ1) is 8.84. The number of hydrogen-bond acceptors (Lipinski definition) is 4. The van der Waals surface area contributed by atoms with Crippen molar-refractivity contribution in [1.29, 1.82) is 0 Å². The van der Waals surface area contributed by atoms with Crippen LogP contribution in [0, 0.1) is 23.4 Å². The molecule has 4 nitrogen and oxygen atoms in total. The lowest BCUT2D eigenvalue weighted by atomic mass is 9.94. The van der Waals surface area contributed by atoms with Crippen molar-refractivity contribution in [2.45, 2.75) is 13.3 Å². The van der Waals surface area contributed by atoms with Crippen molar-refractivity contribution in [1.82, 2.24) is 0 Å². The van der Waals surface area contributed by atoms with Gasteiger partial charge in [0.1, 0.15) is 0 Å². The van der Waals surface area contributed by atoms with Crippen molar-refractivity contribution in [2.75, 3.05) is 7.11 Å². The number of ketones is 1. The summed E-state index contributed by atoms with van der Waals surface area (Å²) in [6.07, 6.45) is -0.165. The zero-order valence-corrected chi connectivity index (χ0v) is 10.1. The first-order valence-electron chi connectivity index (χ1n) is 5.31. The van der Waals surface area contributed by atoms with Crippen LogP contribution in [-0.4, -0.2) is 18.9 Å². The van der Waals surface area contributed by atoms with Gasteiger partial charge in [0.2, 0.25) is 5.82 Å². The van der Waals surface area contributed by atoms with Crippen LogP contribution < -0.4 is 9.84 Å². The first-order valence-corrected chi connectivity index (χ1v) is 5.31. The summed E-state index contributed by atoms with van der Waals surface area (Å²) in [5.74, 6) is -10.1. The monoisotopic (exact) mass is 275 g/mol. The highest BCUT2D eigenvalue weighted by atomic mass is 19.2. The molecule has 0 saturated heterocycles. The summed E-state index contributed by atoms with van der Waals surface area (Å²) in [5, 5.41) is 10.7. The highest BCUT2D eigenvalue weighted by Gasteiger charge is 2.28. The van der Waals surface area contributed by atoms with E-state index in [4.69, 9.17) is 0 Å². The summed E-state index contributed by atoms with van der Waals surface area (Å²) in [7, 11) is 0.894. The van der Waals surface area contributed by atoms with Gasteiger partial charge in [0, 0.05) is 0 Å². The Morgan fingerprint density at radius 1 is 1.32 bits per heavy atom. The Morgan fingerprint density at radius 3 is 2.32 bits per heavy atom. The number of aliphatic carboxylic acids is 1. The molecule has 0 saturated carbocycles. The van der Waals surface area contributed by atoms with Gasteiger partial charge in [-0.05, 0) is 12.5 Å². The lowest BCUT2D eigenvalue weighted by Crippen LogP contribution is -2.36. The van der Waals surface area contributed by atoms with Gasteiger partial charge in [-0.1, -0.05) is 6.92 Å². The number of halogens is 3. The van der Waals surface area contributed by atoms with Gasteiger partial charge in [-0.15, -0.1) is 0 Å². The number of carboxylic acid groups (broad SMARTS) is 1. The van der Waals surface area contributed by atoms with Crippen molar-refractivity contribution < 1.29 is 32.6 Å². The zero-order chi connectivity index (χ0) is 14.7. The van der Waals surface area contributed by atoms with Crippen molar-refractivity contribution in [3.8, 4) is 5.75 Å². The van der Waals surface area contributed by atoms with Gasteiger partial charge in [-0.2, -0.15) is 4.39 Å². The summed E-state index contributed by atoms with van der Waals surface area (Å²) in [6.45, 7) is 1.37. The molecule has 0 aromatic heterocycles. The van der Waals surface area contributed by atoms with Crippen molar-refractivity contribution >= 4 is 11.8 Å². The minimum Gasteiger partial charge on any atom is -0.549 e. The topological polar surface area (TPSA) is 66.4 Å². The lowest BCUT2D eigenvalue weighted by Gasteiger charge is -2.16. The molecule has 0 aliphatic heterocycles. The van der Waals surface area contributed by atoms with Gasteiger partial charge in [-0.25, -0.2) is 8.78 Å². The second-order valence-electron chi connectivity index (χ2n) is 3.71. The Balaban J connectivity index is 3.39. The molecule has 1 unspecified atom stereocenters. The van der Waals surface area contributed by atoms with Gasteiger partial charge in [-0.3, -0.25) is 4.79 Å². The zero-order valence-electron chi connectivity index (χ0n) is 10.1. The highest BCUT2D eigenvalue weighted by Crippen LogP contribution is 2.28. The number of benzene rings is 1. The molecule has 0 bridgehead atoms. The van der Waals surface area contributed by atoms with E-state index < -0.39 is 46.4 Å². The molecule has 1 aromatic carbocycles. The average Bonchev–Trinajstić information content (AvgIpc) is 2.34. The smallest absolute Gasteiger partial charge is 0.203 e. The molecular weight excluding hydrogens is 265 g/mol. The SMILES string of the molecule is CCC(C(=O)[O-])C(=O)c1cc(F)c(F)c(OC)c1F. The van der Waals surface area contributed by atoms with Gasteiger partial charge in [0.25, 0.3) is 0 Å². The molecule has 1 atom stereocenters. The average molecular weight is 275 g/mol. The van der Waals surface area contributed by atoms with Crippen LogP contribution in [0.25, 0.3) is 0 Å². The fraction of sp³-hybridized carbons (Fsp3) is 0.333. The number of carbonyl (C=O) groups is 2. The van der Waals surface area contributed by atoms with E-state index in [0.717, 1.165) is 7.11 Å². The number of Topliss-reactive ketones (excluding diaryl/α,β-unsaturated/α-hetero) is 1. The van der Waals surface area contributed by atoms with Crippen LogP contribution in [0.5, 0.6) is 5.75 Å². The second-order valence-corrected chi connectivity index (χ2v) is 3.71. The van der Waals surface area contributed by atoms with E-state index in [2.05, 4.69) is 4.74 Å². The molecule has 0 aliphatic rings. The molecular formula is C12H10F3O4-. The standard InChI is InChI=1S/C12H11F3O4/c1-3-5(12(17)18)10(16)6-4-7(13)9(15)11(19-2)8(6)14/h4-5H,3H2,1-2H3,(H,17,18)/p-1. The first kappa shape index (κ1) is 15.0. The predicted molar refractivity (Wildman–Crippen MR) is 56.0 cm³/mol. The number of hydrogen-bond donors (Lipinski definition) is 0. The van der Waals surface area contributed by atoms with Crippen molar-refractivity contribution in [2.24, 2.45) is 5.92 Å². The number of carboxylic acids is 1. The summed E-state index contributed by atoms with van der Waals surface area (Å²) < 4.78 is 44.4. The molecule has 0 N–H and O–H groups in total. The van der Waals surface area contributed by atoms with Crippen LogP contribution in [0.2, 0.25) is 0 Å². The minimum atomic E-state index is -1.71. The summed E-state index contributed by atoms with van der Waals surface area (Å²) >= 11 is 0. The summed E-state index contributed by atoms with van der Waals surface area (Å²) in [5.41, 5.74) is -0.883. The Kier molecular flexibility index (Phi) is 4.52. The van der Waals surface area contributed by atoms with Crippen LogP contribution >= 0.6 is 0 Å². The maximum Gasteiger partial charge on any atom is 0.203 e. The van der Waals surface area contributed by atoms with E-state index in [0.29, 0.717) is 6.07 Å². The Hall–Kier alpha value is -2.05. The van der Waals surface area contributed by atoms with Crippen LogP contribution in [-0.2, 0) is 4.79 Å². The number of methoxy groups -OCH3 is 1. The van der Waals surface area contributed by atoms with E-state index in [1.807, 2.05) is 0 Å². The molecule has 104 valence electrons. The van der Waals surface area contributed by atoms with Gasteiger partial charge >= 0.3 is 0 Å². The van der Waals surface area contributed by atoms with Crippen molar-refractivity contribution in [3.05, 3.63) is 29.1 Å². The van der Waals surface area contributed by atoms with Gasteiger partial charge in [0.15, 0.2) is 23.2 Å². The van der Waals surface area contributed by atoms with E-state index in [9.17, 15) is 27.9 Å². The molecule has 19 heavy (non-hydrogen) atoms. The molecule has 0 amide bonds. The third-order valence-electron chi connectivity index (χ3n) is 2.59. The van der Waals surface area contributed by atoms with E-state index in [1.54, 1.807) is 0 Å². The number of rotatable bonds is 5. The third-order valence-corrected chi connectivity index (χ3v) is 2.59. The van der Waals surface area contributed by atoms with Crippen LogP contribution in [0.3, 0.4) is 0 Å². The molecule has 1 aromatic rings. The molecule has 0 radical (unpaired) electrons. The highest BCUT2D eigenvalue weighted by molar-refractivity contribution is 6.08. The summed E-state index contributed by atoms with van der Waals surface area (Å²) in [4.78, 5) is 22.5. The molecule has 0 aliphatic carbocycles. The molecule has 1 rings (SSSR count). The molecule has 0 heterocycles. The van der Waals surface area contributed by atoms with E-state index >= 15 is 0 Å². The molecule has 7 heteroatoms. The fourth-order valence-electron chi connectivity index (χ4n) is 1.59. The largest absolute Gasteiger partial charge is 0.549 e. The van der Waals surface area contributed by atoms with Crippen molar-refractivity contribution in [3.63, 3.8) is 0 Å². The lowest BCUT2D eigenvalue weighted by molar-refractivity contribution is -0.309. The molecule has 0 spiro atoms. The maximum absolute atomic E-state index is 13.8. The third kappa shape index (κ3) is 2.69. The quantitative estimate of drug-likeness (QED) is 0.458.